The Labute approximate surface area is 91.0 Å². The molecular weight excluding hydrogens is 204 g/mol. The first-order chi connectivity index (χ1) is 7.68. The molecule has 3 aromatic rings. The number of aryl methyl sites for hydroxylation is 2. The van der Waals surface area contributed by atoms with Crippen molar-refractivity contribution in [3.63, 3.8) is 0 Å². The lowest BCUT2D eigenvalue weighted by molar-refractivity contribution is 0.840. The molecule has 16 heavy (non-hydrogen) atoms. The first kappa shape index (κ1) is 9.08. The number of benzene rings is 1. The number of rotatable bonds is 0. The molecule has 0 aliphatic rings. The second-order valence-corrected chi connectivity index (χ2v) is 3.86. The first-order valence-electron chi connectivity index (χ1n) is 4.97. The third-order valence-electron chi connectivity index (χ3n) is 2.75. The molecule has 80 valence electrons. The van der Waals surface area contributed by atoms with Crippen molar-refractivity contribution in [2.24, 2.45) is 7.05 Å². The van der Waals surface area contributed by atoms with Crippen LogP contribution >= 0.6 is 0 Å². The van der Waals surface area contributed by atoms with E-state index in [1.165, 1.54) is 10.9 Å². The lowest BCUT2D eigenvalue weighted by Gasteiger charge is -2.05. The highest BCUT2D eigenvalue weighted by Crippen LogP contribution is 2.12. The molecule has 0 spiro atoms. The van der Waals surface area contributed by atoms with Crippen LogP contribution in [0.2, 0.25) is 0 Å². The van der Waals surface area contributed by atoms with E-state index in [1.54, 1.807) is 11.6 Å². The fraction of sp³-hybridized carbons (Fsp3) is 0.182. The monoisotopic (exact) mass is 214 g/mol. The van der Waals surface area contributed by atoms with Gasteiger partial charge >= 0.3 is 0 Å². The molecule has 0 fully saturated rings. The molecule has 0 N–H and O–H groups in total. The zero-order valence-electron chi connectivity index (χ0n) is 9.01. The van der Waals surface area contributed by atoms with Crippen LogP contribution in [0.1, 0.15) is 5.56 Å². The van der Waals surface area contributed by atoms with Crippen LogP contribution < -0.4 is 5.56 Å². The third-order valence-corrected chi connectivity index (χ3v) is 2.75. The summed E-state index contributed by atoms with van der Waals surface area (Å²) < 4.78 is 3.19. The standard InChI is InChI=1S/C11H10N4O/c1-7-3-4-9-8(5-7)10(16)14(2)11-12-6-13-15(9)11/h3-6H,1-2H3. The van der Waals surface area contributed by atoms with Crippen LogP contribution in [0, 0.1) is 6.92 Å². The summed E-state index contributed by atoms with van der Waals surface area (Å²) in [6.07, 6.45) is 1.45. The summed E-state index contributed by atoms with van der Waals surface area (Å²) in [5.41, 5.74) is 1.81. The maximum Gasteiger partial charge on any atom is 0.262 e. The van der Waals surface area contributed by atoms with E-state index >= 15 is 0 Å². The molecule has 0 saturated carbocycles. The number of nitrogens with zero attached hydrogens (tertiary/aromatic N) is 4. The van der Waals surface area contributed by atoms with E-state index in [2.05, 4.69) is 10.1 Å². The number of fused-ring (bicyclic) bond motifs is 3. The normalized spacial score (nSPS) is 11.4. The van der Waals surface area contributed by atoms with Crippen molar-refractivity contribution in [3.8, 4) is 0 Å². The summed E-state index contributed by atoms with van der Waals surface area (Å²) in [6, 6.07) is 5.73. The highest BCUT2D eigenvalue weighted by atomic mass is 16.1. The van der Waals surface area contributed by atoms with Gasteiger partial charge in [0.1, 0.15) is 6.33 Å². The lowest BCUT2D eigenvalue weighted by Crippen LogP contribution is -2.20. The topological polar surface area (TPSA) is 52.2 Å². The molecule has 3 rings (SSSR count). The van der Waals surface area contributed by atoms with E-state index in [1.807, 2.05) is 25.1 Å². The summed E-state index contributed by atoms with van der Waals surface area (Å²) in [6.45, 7) is 1.96. The van der Waals surface area contributed by atoms with Crippen molar-refractivity contribution in [1.82, 2.24) is 19.2 Å². The number of aromatic nitrogens is 4. The van der Waals surface area contributed by atoms with Crippen LogP contribution in [0.25, 0.3) is 16.7 Å². The summed E-state index contributed by atoms with van der Waals surface area (Å²) in [7, 11) is 1.70. The minimum atomic E-state index is -0.0424. The van der Waals surface area contributed by atoms with E-state index in [-0.39, 0.29) is 5.56 Å². The van der Waals surface area contributed by atoms with Crippen molar-refractivity contribution in [1.29, 1.82) is 0 Å². The Kier molecular flexibility index (Phi) is 1.65. The van der Waals surface area contributed by atoms with E-state index in [0.717, 1.165) is 11.1 Å². The smallest absolute Gasteiger partial charge is 0.262 e. The fourth-order valence-electron chi connectivity index (χ4n) is 1.91. The van der Waals surface area contributed by atoms with Crippen LogP contribution in [0.4, 0.5) is 0 Å². The van der Waals surface area contributed by atoms with Crippen molar-refractivity contribution >= 4 is 16.7 Å². The summed E-state index contributed by atoms with van der Waals surface area (Å²) in [5.74, 6) is 0.557. The zero-order chi connectivity index (χ0) is 11.3. The summed E-state index contributed by atoms with van der Waals surface area (Å²) in [4.78, 5) is 16.1. The second kappa shape index (κ2) is 2.91. The second-order valence-electron chi connectivity index (χ2n) is 3.86. The Bertz CT molecular complexity index is 754. The van der Waals surface area contributed by atoms with E-state index in [4.69, 9.17) is 0 Å². The van der Waals surface area contributed by atoms with Gasteiger partial charge in [-0.3, -0.25) is 9.36 Å². The molecule has 5 heteroatoms. The molecule has 5 nitrogen and oxygen atoms in total. The van der Waals surface area contributed by atoms with Gasteiger partial charge in [0, 0.05) is 7.05 Å². The quantitative estimate of drug-likeness (QED) is 0.558. The van der Waals surface area contributed by atoms with Gasteiger partial charge in [-0.2, -0.15) is 14.6 Å². The highest BCUT2D eigenvalue weighted by molar-refractivity contribution is 5.80. The molecule has 0 aliphatic heterocycles. The molecule has 2 heterocycles. The lowest BCUT2D eigenvalue weighted by atomic mass is 10.2. The van der Waals surface area contributed by atoms with Gasteiger partial charge in [0.15, 0.2) is 0 Å². The average molecular weight is 214 g/mol. The Balaban J connectivity index is 2.71. The van der Waals surface area contributed by atoms with E-state index < -0.39 is 0 Å². The predicted molar refractivity (Wildman–Crippen MR) is 60.5 cm³/mol. The Hall–Kier alpha value is -2.17. The van der Waals surface area contributed by atoms with Gasteiger partial charge < -0.3 is 0 Å². The van der Waals surface area contributed by atoms with Gasteiger partial charge in [-0.1, -0.05) is 11.6 Å². The molecule has 0 amide bonds. The van der Waals surface area contributed by atoms with Crippen molar-refractivity contribution in [3.05, 3.63) is 40.4 Å². The Morgan fingerprint density at radius 3 is 2.94 bits per heavy atom. The van der Waals surface area contributed by atoms with E-state index in [9.17, 15) is 4.79 Å². The molecule has 0 aliphatic carbocycles. The molecule has 2 aromatic heterocycles. The predicted octanol–water partition coefficient (Wildman–Crippen LogP) is 0.890. The summed E-state index contributed by atoms with van der Waals surface area (Å²) in [5, 5.41) is 4.79. The van der Waals surface area contributed by atoms with Gasteiger partial charge in [-0.15, -0.1) is 0 Å². The minimum absolute atomic E-state index is 0.0424. The Morgan fingerprint density at radius 2 is 2.12 bits per heavy atom. The minimum Gasteiger partial charge on any atom is -0.280 e. The highest BCUT2D eigenvalue weighted by Gasteiger charge is 2.09. The van der Waals surface area contributed by atoms with Gasteiger partial charge in [-0.25, -0.2) is 0 Å². The maximum atomic E-state index is 12.1. The number of hydrogen-bond donors (Lipinski definition) is 0. The van der Waals surface area contributed by atoms with Crippen LogP contribution in [0.5, 0.6) is 0 Å². The first-order valence-corrected chi connectivity index (χ1v) is 4.97. The zero-order valence-corrected chi connectivity index (χ0v) is 9.01. The number of hydrogen-bond acceptors (Lipinski definition) is 3. The SMILES string of the molecule is Cc1ccc2c(c1)c(=O)n(C)c1ncnn21. The van der Waals surface area contributed by atoms with Crippen molar-refractivity contribution in [2.45, 2.75) is 6.92 Å². The molecule has 0 unspecified atom stereocenters. The van der Waals surface area contributed by atoms with Gasteiger partial charge in [0.25, 0.3) is 5.56 Å². The van der Waals surface area contributed by atoms with Gasteiger partial charge in [0.2, 0.25) is 5.78 Å². The van der Waals surface area contributed by atoms with Crippen molar-refractivity contribution < 1.29 is 0 Å². The Morgan fingerprint density at radius 1 is 1.31 bits per heavy atom. The van der Waals surface area contributed by atoms with E-state index in [0.29, 0.717) is 11.2 Å². The maximum absolute atomic E-state index is 12.1. The fourth-order valence-corrected chi connectivity index (χ4v) is 1.91. The molecular formula is C11H10N4O. The van der Waals surface area contributed by atoms with Crippen LogP contribution in [0.3, 0.4) is 0 Å². The van der Waals surface area contributed by atoms with Crippen LogP contribution in [-0.4, -0.2) is 19.2 Å². The van der Waals surface area contributed by atoms with Crippen LogP contribution in [-0.2, 0) is 7.05 Å². The average Bonchev–Trinajstić information content (AvgIpc) is 2.75. The van der Waals surface area contributed by atoms with Crippen LogP contribution in [0.15, 0.2) is 29.3 Å². The molecule has 1 aromatic carbocycles. The molecule has 0 atom stereocenters. The van der Waals surface area contributed by atoms with Gasteiger partial charge in [0.05, 0.1) is 10.9 Å². The third kappa shape index (κ3) is 1.02. The largest absolute Gasteiger partial charge is 0.280 e. The molecule has 0 radical (unpaired) electrons. The molecule has 0 saturated heterocycles. The van der Waals surface area contributed by atoms with Gasteiger partial charge in [-0.05, 0) is 19.1 Å². The summed E-state index contributed by atoms with van der Waals surface area (Å²) >= 11 is 0. The molecule has 0 bridgehead atoms. The van der Waals surface area contributed by atoms with Crippen molar-refractivity contribution in [2.75, 3.05) is 0 Å².